The third kappa shape index (κ3) is 5.60. The van der Waals surface area contributed by atoms with Gasteiger partial charge >= 0.3 is 6.09 Å². The second-order valence-electron chi connectivity index (χ2n) is 8.42. The number of rotatable bonds is 3. The average Bonchev–Trinajstić information content (AvgIpc) is 2.92. The Morgan fingerprint density at radius 3 is 2.46 bits per heavy atom. The van der Waals surface area contributed by atoms with E-state index in [0.29, 0.717) is 37.3 Å². The molecule has 9 nitrogen and oxygen atoms in total. The number of carbonyl (C=O) groups is 1. The molecule has 1 aliphatic rings. The van der Waals surface area contributed by atoms with Crippen LogP contribution in [-0.2, 0) is 16.7 Å². The Hall–Kier alpha value is -2.32. The lowest BCUT2D eigenvalue weighted by atomic mass is 9.97. The van der Waals surface area contributed by atoms with Gasteiger partial charge in [-0.2, -0.15) is 4.98 Å². The summed E-state index contributed by atoms with van der Waals surface area (Å²) in [5.41, 5.74) is -0.661. The third-order valence-corrected chi connectivity index (χ3v) is 3.62. The molecule has 1 saturated heterocycles. The maximum Gasteiger partial charge on any atom is 0.410 e. The quantitative estimate of drug-likeness (QED) is 0.619. The topological polar surface area (TPSA) is 105 Å². The zero-order valence-corrected chi connectivity index (χ0v) is 16.7. The second kappa shape index (κ2) is 7.51. The van der Waals surface area contributed by atoms with Crippen molar-refractivity contribution in [3.8, 4) is 0 Å². The van der Waals surface area contributed by atoms with Crippen LogP contribution in [0, 0.1) is 0 Å². The van der Waals surface area contributed by atoms with Gasteiger partial charge in [0.1, 0.15) is 5.60 Å². The van der Waals surface area contributed by atoms with Crippen LogP contribution in [0.2, 0.25) is 0 Å². The van der Waals surface area contributed by atoms with Gasteiger partial charge in [-0.05, 0) is 20.8 Å². The highest BCUT2D eigenvalue weighted by Crippen LogP contribution is 2.19. The fourth-order valence-corrected chi connectivity index (χ4v) is 2.23. The summed E-state index contributed by atoms with van der Waals surface area (Å²) in [6, 6.07) is 0.129. The van der Waals surface area contributed by atoms with Gasteiger partial charge < -0.3 is 24.8 Å². The number of likely N-dealkylation sites (tertiary alicyclic amines) is 1. The van der Waals surface area contributed by atoms with E-state index in [1.807, 2.05) is 41.5 Å². The Labute approximate surface area is 154 Å². The first-order chi connectivity index (χ1) is 12.0. The van der Waals surface area contributed by atoms with Crippen molar-refractivity contribution in [1.82, 2.24) is 25.7 Å². The molecule has 1 aromatic rings. The molecule has 1 aromatic heterocycles. The van der Waals surface area contributed by atoms with Gasteiger partial charge in [0.2, 0.25) is 5.89 Å². The van der Waals surface area contributed by atoms with Crippen LogP contribution in [0.25, 0.3) is 0 Å². The normalized spacial score (nSPS) is 16.3. The zero-order valence-electron chi connectivity index (χ0n) is 16.7. The Morgan fingerprint density at radius 1 is 1.31 bits per heavy atom. The molecule has 0 radical (unpaired) electrons. The SMILES string of the molecule is CN=C(NCc1noc(C(C)(C)C)n1)NC1CN(C(=O)OC(C)(C)C)C1. The van der Waals surface area contributed by atoms with Crippen molar-refractivity contribution in [2.45, 2.75) is 65.1 Å². The number of guanidine groups is 1. The summed E-state index contributed by atoms with van der Waals surface area (Å²) in [6.07, 6.45) is -0.292. The Bertz CT molecular complexity index is 650. The maximum absolute atomic E-state index is 11.9. The van der Waals surface area contributed by atoms with Gasteiger partial charge in [-0.1, -0.05) is 25.9 Å². The molecule has 2 heterocycles. The molecular weight excluding hydrogens is 336 g/mol. The van der Waals surface area contributed by atoms with E-state index in [9.17, 15) is 4.79 Å². The summed E-state index contributed by atoms with van der Waals surface area (Å²) in [5.74, 6) is 1.80. The fraction of sp³-hybridized carbons (Fsp3) is 0.765. The molecule has 0 bridgehead atoms. The summed E-state index contributed by atoms with van der Waals surface area (Å²) in [4.78, 5) is 22.2. The van der Waals surface area contributed by atoms with E-state index < -0.39 is 5.60 Å². The molecule has 1 fully saturated rings. The highest BCUT2D eigenvalue weighted by Gasteiger charge is 2.34. The first kappa shape index (κ1) is 20.0. The standard InChI is InChI=1S/C17H30N6O3/c1-16(2,3)13-21-12(22-26-13)8-19-14(18-7)20-11-9-23(10-11)15(24)25-17(4,5)6/h11H,8-10H2,1-7H3,(H2,18,19,20). The highest BCUT2D eigenvalue weighted by atomic mass is 16.6. The van der Waals surface area contributed by atoms with Gasteiger partial charge in [0.15, 0.2) is 11.8 Å². The molecule has 0 saturated carbocycles. The average molecular weight is 366 g/mol. The van der Waals surface area contributed by atoms with Gasteiger partial charge in [0.25, 0.3) is 0 Å². The molecule has 0 aliphatic carbocycles. The minimum atomic E-state index is -0.482. The number of amides is 1. The summed E-state index contributed by atoms with van der Waals surface area (Å²) in [6.45, 7) is 13.2. The minimum Gasteiger partial charge on any atom is -0.444 e. The lowest BCUT2D eigenvalue weighted by molar-refractivity contribution is 0.00701. The van der Waals surface area contributed by atoms with Gasteiger partial charge in [-0.3, -0.25) is 4.99 Å². The number of hydrogen-bond donors (Lipinski definition) is 2. The van der Waals surface area contributed by atoms with Crippen LogP contribution in [0.5, 0.6) is 0 Å². The third-order valence-electron chi connectivity index (χ3n) is 3.62. The summed E-state index contributed by atoms with van der Waals surface area (Å²) < 4.78 is 10.6. The van der Waals surface area contributed by atoms with E-state index in [-0.39, 0.29) is 17.6 Å². The van der Waals surface area contributed by atoms with Crippen LogP contribution in [0.4, 0.5) is 4.79 Å². The lowest BCUT2D eigenvalue weighted by Gasteiger charge is -2.40. The van der Waals surface area contributed by atoms with Crippen LogP contribution in [0.1, 0.15) is 53.3 Å². The largest absolute Gasteiger partial charge is 0.444 e. The number of nitrogens with one attached hydrogen (secondary N) is 2. The van der Waals surface area contributed by atoms with E-state index in [1.165, 1.54) is 0 Å². The molecule has 1 amide bonds. The molecule has 0 spiro atoms. The molecular formula is C17H30N6O3. The molecule has 0 atom stereocenters. The lowest BCUT2D eigenvalue weighted by Crippen LogP contribution is -2.63. The Morgan fingerprint density at radius 2 is 1.96 bits per heavy atom. The summed E-state index contributed by atoms with van der Waals surface area (Å²) in [7, 11) is 1.69. The van der Waals surface area contributed by atoms with E-state index >= 15 is 0 Å². The van der Waals surface area contributed by atoms with Crippen molar-refractivity contribution in [2.24, 2.45) is 4.99 Å². The molecule has 2 rings (SSSR count). The first-order valence-electron chi connectivity index (χ1n) is 8.76. The molecule has 26 heavy (non-hydrogen) atoms. The predicted octanol–water partition coefficient (Wildman–Crippen LogP) is 1.65. The molecule has 0 unspecified atom stereocenters. The number of ether oxygens (including phenoxy) is 1. The van der Waals surface area contributed by atoms with E-state index in [1.54, 1.807) is 11.9 Å². The predicted molar refractivity (Wildman–Crippen MR) is 97.9 cm³/mol. The highest BCUT2D eigenvalue weighted by molar-refractivity contribution is 5.80. The van der Waals surface area contributed by atoms with Crippen molar-refractivity contribution in [3.63, 3.8) is 0 Å². The summed E-state index contributed by atoms with van der Waals surface area (Å²) >= 11 is 0. The van der Waals surface area contributed by atoms with Crippen LogP contribution in [-0.4, -0.2) is 58.9 Å². The molecule has 0 aromatic carbocycles. The monoisotopic (exact) mass is 366 g/mol. The van der Waals surface area contributed by atoms with Crippen molar-refractivity contribution in [1.29, 1.82) is 0 Å². The van der Waals surface area contributed by atoms with Gasteiger partial charge in [-0.25, -0.2) is 4.79 Å². The van der Waals surface area contributed by atoms with Crippen molar-refractivity contribution in [2.75, 3.05) is 20.1 Å². The fourth-order valence-electron chi connectivity index (χ4n) is 2.23. The van der Waals surface area contributed by atoms with Gasteiger partial charge in [0.05, 0.1) is 12.6 Å². The van der Waals surface area contributed by atoms with Crippen LogP contribution in [0.15, 0.2) is 9.52 Å². The van der Waals surface area contributed by atoms with E-state index in [4.69, 9.17) is 9.26 Å². The molecule has 2 N–H and O–H groups in total. The zero-order chi connectivity index (χ0) is 19.5. The Balaban J connectivity index is 1.76. The molecule has 1 aliphatic heterocycles. The molecule has 146 valence electrons. The maximum atomic E-state index is 11.9. The number of carbonyl (C=O) groups excluding carboxylic acids is 1. The van der Waals surface area contributed by atoms with Gasteiger partial charge in [-0.15, -0.1) is 0 Å². The smallest absolute Gasteiger partial charge is 0.410 e. The van der Waals surface area contributed by atoms with E-state index in [0.717, 1.165) is 0 Å². The second-order valence-corrected chi connectivity index (χ2v) is 8.42. The molecule has 9 heteroatoms. The van der Waals surface area contributed by atoms with E-state index in [2.05, 4.69) is 25.8 Å². The van der Waals surface area contributed by atoms with Crippen LogP contribution >= 0.6 is 0 Å². The van der Waals surface area contributed by atoms with Crippen molar-refractivity contribution >= 4 is 12.1 Å². The number of nitrogens with zero attached hydrogens (tertiary/aromatic N) is 4. The number of hydrogen-bond acceptors (Lipinski definition) is 6. The Kier molecular flexibility index (Phi) is 5.77. The van der Waals surface area contributed by atoms with Gasteiger partial charge in [0, 0.05) is 25.6 Å². The van der Waals surface area contributed by atoms with Crippen molar-refractivity contribution in [3.05, 3.63) is 11.7 Å². The summed E-state index contributed by atoms with van der Waals surface area (Å²) in [5, 5.41) is 10.4. The van der Waals surface area contributed by atoms with Crippen LogP contribution in [0.3, 0.4) is 0 Å². The number of aliphatic imine (C=N–C) groups is 1. The number of aromatic nitrogens is 2. The van der Waals surface area contributed by atoms with Crippen LogP contribution < -0.4 is 10.6 Å². The first-order valence-corrected chi connectivity index (χ1v) is 8.76. The minimum absolute atomic E-state index is 0.129. The van der Waals surface area contributed by atoms with Crippen molar-refractivity contribution < 1.29 is 14.1 Å².